The van der Waals surface area contributed by atoms with Gasteiger partial charge in [-0.05, 0) is 18.6 Å². The highest BCUT2D eigenvalue weighted by Gasteiger charge is 2.33. The van der Waals surface area contributed by atoms with Crippen LogP contribution >= 0.6 is 0 Å². The molecule has 0 bridgehead atoms. The van der Waals surface area contributed by atoms with Crippen LogP contribution in [0.3, 0.4) is 0 Å². The number of benzene rings is 2. The van der Waals surface area contributed by atoms with Crippen LogP contribution in [0.25, 0.3) is 27.7 Å². The lowest BCUT2D eigenvalue weighted by Crippen LogP contribution is -2.29. The number of nitrogens with one attached hydrogen (secondary N) is 1. The lowest BCUT2D eigenvalue weighted by molar-refractivity contribution is 0.0696. The quantitative estimate of drug-likeness (QED) is 0.277. The van der Waals surface area contributed by atoms with Crippen LogP contribution < -0.4 is 27.3 Å². The first kappa shape index (κ1) is 20.2. The number of hydrogen-bond acceptors (Lipinski definition) is 7. The summed E-state index contributed by atoms with van der Waals surface area (Å²) in [7, 11) is 0. The van der Waals surface area contributed by atoms with Crippen LogP contribution in [0, 0.1) is 17.5 Å². The minimum atomic E-state index is -1.69. The molecule has 1 saturated heterocycles. The molecule has 0 radical (unpaired) electrons. The zero-order valence-electron chi connectivity index (χ0n) is 16.3. The number of nitrogens with zero attached hydrogens (tertiary/aromatic N) is 2. The van der Waals surface area contributed by atoms with Gasteiger partial charge in [0.1, 0.15) is 22.7 Å². The van der Waals surface area contributed by atoms with Crippen molar-refractivity contribution < 1.29 is 27.5 Å². The van der Waals surface area contributed by atoms with Gasteiger partial charge >= 0.3 is 5.97 Å². The first-order valence-electron chi connectivity index (χ1n) is 9.56. The van der Waals surface area contributed by atoms with Crippen molar-refractivity contribution in [3.8, 4) is 0 Å². The van der Waals surface area contributed by atoms with Crippen molar-refractivity contribution in [1.82, 2.24) is 4.40 Å². The van der Waals surface area contributed by atoms with Crippen molar-refractivity contribution in [2.75, 3.05) is 23.4 Å². The number of rotatable bonds is 3. The Kier molecular flexibility index (Phi) is 4.32. The molecule has 0 spiro atoms. The third kappa shape index (κ3) is 2.59. The summed E-state index contributed by atoms with van der Waals surface area (Å²) in [5.41, 5.74) is 3.80. The number of aromatic nitrogens is 1. The molecule has 1 atom stereocenters. The molecule has 9 nitrogen and oxygen atoms in total. The lowest BCUT2D eigenvalue weighted by Gasteiger charge is -2.23. The van der Waals surface area contributed by atoms with Crippen LogP contribution in [0.5, 0.6) is 0 Å². The van der Waals surface area contributed by atoms with Gasteiger partial charge in [-0.3, -0.25) is 15.0 Å². The first-order valence-corrected chi connectivity index (χ1v) is 9.56. The zero-order chi connectivity index (χ0) is 22.9. The Morgan fingerprint density at radius 3 is 2.62 bits per heavy atom. The zero-order valence-corrected chi connectivity index (χ0v) is 16.3. The normalized spacial score (nSPS) is 16.5. The van der Waals surface area contributed by atoms with Gasteiger partial charge in [-0.25, -0.2) is 18.0 Å². The fourth-order valence-corrected chi connectivity index (χ4v) is 4.31. The number of halogens is 3. The number of hydrazine groups is 1. The van der Waals surface area contributed by atoms with Gasteiger partial charge < -0.3 is 25.6 Å². The van der Waals surface area contributed by atoms with E-state index in [-0.39, 0.29) is 30.2 Å². The predicted octanol–water partition coefficient (Wildman–Crippen LogP) is 2.14. The van der Waals surface area contributed by atoms with Crippen molar-refractivity contribution in [2.45, 2.75) is 12.5 Å². The summed E-state index contributed by atoms with van der Waals surface area (Å²) in [5.74, 6) is 0.828. The Bertz CT molecular complexity index is 1510. The van der Waals surface area contributed by atoms with Gasteiger partial charge in [-0.2, -0.15) is 0 Å². The molecule has 0 saturated carbocycles. The third-order valence-corrected chi connectivity index (χ3v) is 5.69. The third-order valence-electron chi connectivity index (χ3n) is 5.69. The number of aromatic carboxylic acids is 1. The maximum absolute atomic E-state index is 15.9. The second kappa shape index (κ2) is 6.87. The highest BCUT2D eigenvalue weighted by Crippen LogP contribution is 2.39. The molecular weight excluding hydrogens is 431 g/mol. The van der Waals surface area contributed by atoms with Gasteiger partial charge in [0.25, 0.3) is 0 Å². The molecule has 2 aromatic carbocycles. The standard InChI is InChI=1S/C20H16F3N5O4/c21-7-1-2-9-10(5-7)32-19-12(20(30)31)18(29)11-15(26-25)13(22)17(14(23)16(11)28(9)19)27-4-3-8(24)6-27/h1-2,5,8,26H,3-4,6,24-25H2,(H,30,31). The van der Waals surface area contributed by atoms with Crippen LogP contribution in [-0.4, -0.2) is 34.6 Å². The van der Waals surface area contributed by atoms with Gasteiger partial charge in [0.15, 0.2) is 22.8 Å². The summed E-state index contributed by atoms with van der Waals surface area (Å²) < 4.78 is 51.6. The van der Waals surface area contributed by atoms with Gasteiger partial charge in [-0.15, -0.1) is 0 Å². The van der Waals surface area contributed by atoms with E-state index in [1.165, 1.54) is 11.0 Å². The van der Waals surface area contributed by atoms with E-state index < -0.39 is 62.4 Å². The molecule has 0 aliphatic carbocycles. The van der Waals surface area contributed by atoms with Crippen molar-refractivity contribution in [3.63, 3.8) is 0 Å². The topological polar surface area (TPSA) is 139 Å². The molecular formula is C20H16F3N5O4. The van der Waals surface area contributed by atoms with Gasteiger partial charge in [0.2, 0.25) is 11.1 Å². The molecule has 5 rings (SSSR count). The average molecular weight is 447 g/mol. The molecule has 32 heavy (non-hydrogen) atoms. The van der Waals surface area contributed by atoms with Crippen LogP contribution in [0.4, 0.5) is 24.5 Å². The van der Waals surface area contributed by atoms with E-state index in [1.807, 2.05) is 0 Å². The number of carbonyl (C=O) groups is 1. The monoisotopic (exact) mass is 447 g/mol. The van der Waals surface area contributed by atoms with Crippen molar-refractivity contribution >= 4 is 45.1 Å². The molecule has 6 N–H and O–H groups in total. The molecule has 4 aromatic rings. The number of nitrogens with two attached hydrogens (primary N) is 2. The Labute approximate surface area is 176 Å². The summed E-state index contributed by atoms with van der Waals surface area (Å²) >= 11 is 0. The number of nitrogen functional groups attached to an aromatic ring is 1. The Balaban J connectivity index is 2.07. The van der Waals surface area contributed by atoms with E-state index in [2.05, 4.69) is 5.43 Å². The highest BCUT2D eigenvalue weighted by molar-refractivity contribution is 6.06. The molecule has 3 heterocycles. The minimum Gasteiger partial charge on any atom is -0.477 e. The first-order chi connectivity index (χ1) is 15.2. The molecule has 1 aliphatic heterocycles. The summed E-state index contributed by atoms with van der Waals surface area (Å²) in [6, 6.07) is 2.95. The van der Waals surface area contributed by atoms with E-state index in [4.69, 9.17) is 16.0 Å². The smallest absolute Gasteiger partial charge is 0.345 e. The van der Waals surface area contributed by atoms with Crippen molar-refractivity contribution in [1.29, 1.82) is 0 Å². The number of pyridine rings is 1. The van der Waals surface area contributed by atoms with Crippen LogP contribution in [-0.2, 0) is 0 Å². The molecule has 166 valence electrons. The summed E-state index contributed by atoms with van der Waals surface area (Å²) in [6.45, 7) is 0.416. The summed E-state index contributed by atoms with van der Waals surface area (Å²) in [4.78, 5) is 26.4. The largest absolute Gasteiger partial charge is 0.477 e. The average Bonchev–Trinajstić information content (AvgIpc) is 3.31. The van der Waals surface area contributed by atoms with Crippen molar-refractivity contribution in [3.05, 3.63) is 51.4 Å². The number of oxazole rings is 1. The van der Waals surface area contributed by atoms with Gasteiger partial charge in [0, 0.05) is 25.2 Å². The second-order valence-corrected chi connectivity index (χ2v) is 7.58. The molecule has 2 aromatic heterocycles. The lowest BCUT2D eigenvalue weighted by atomic mass is 10.1. The molecule has 0 amide bonds. The maximum atomic E-state index is 15.9. The molecule has 1 unspecified atom stereocenters. The minimum absolute atomic E-state index is 0.0754. The summed E-state index contributed by atoms with van der Waals surface area (Å²) in [5, 5.41) is 9.04. The Hall–Kier alpha value is -3.77. The number of anilines is 2. The fourth-order valence-electron chi connectivity index (χ4n) is 4.31. The Morgan fingerprint density at radius 2 is 2.00 bits per heavy atom. The second-order valence-electron chi connectivity index (χ2n) is 7.58. The molecule has 12 heteroatoms. The number of carboxylic acid groups (broad SMARTS) is 1. The van der Waals surface area contributed by atoms with E-state index in [0.29, 0.717) is 6.42 Å². The van der Waals surface area contributed by atoms with Crippen LogP contribution in [0.2, 0.25) is 0 Å². The Morgan fingerprint density at radius 1 is 1.25 bits per heavy atom. The van der Waals surface area contributed by atoms with Crippen LogP contribution in [0.1, 0.15) is 16.8 Å². The molecule has 1 fully saturated rings. The SMILES string of the molecule is NNc1c(F)c(N2CCC(N)C2)c(F)c2c1c(=O)c(C(=O)O)c1oc3cc(F)ccc3n12. The molecule has 1 aliphatic rings. The van der Waals surface area contributed by atoms with Gasteiger partial charge in [-0.1, -0.05) is 0 Å². The number of carboxylic acids is 1. The van der Waals surface area contributed by atoms with E-state index >= 15 is 8.78 Å². The van der Waals surface area contributed by atoms with Crippen molar-refractivity contribution in [2.24, 2.45) is 11.6 Å². The van der Waals surface area contributed by atoms with E-state index in [1.54, 1.807) is 0 Å². The van der Waals surface area contributed by atoms with E-state index in [9.17, 15) is 19.1 Å². The number of hydrogen-bond donors (Lipinski definition) is 4. The van der Waals surface area contributed by atoms with Gasteiger partial charge in [0.05, 0.1) is 10.9 Å². The van der Waals surface area contributed by atoms with Crippen LogP contribution in [0.15, 0.2) is 27.4 Å². The van der Waals surface area contributed by atoms with E-state index in [0.717, 1.165) is 16.5 Å². The fraction of sp³-hybridized carbons (Fsp3) is 0.200. The highest BCUT2D eigenvalue weighted by atomic mass is 19.1. The summed E-state index contributed by atoms with van der Waals surface area (Å²) in [6.07, 6.45) is 0.490. The maximum Gasteiger partial charge on any atom is 0.345 e. The predicted molar refractivity (Wildman–Crippen MR) is 110 cm³/mol. The number of fused-ring (bicyclic) bond motifs is 5.